The average Bonchev–Trinajstić information content (AvgIpc) is 2.37. The number of para-hydroxylation sites is 1. The van der Waals surface area contributed by atoms with E-state index in [0.29, 0.717) is 19.5 Å². The fourth-order valence-corrected chi connectivity index (χ4v) is 2.43. The highest BCUT2D eigenvalue weighted by atomic mass is 31.2. The second-order valence-electron chi connectivity index (χ2n) is 4.45. The van der Waals surface area contributed by atoms with Crippen molar-refractivity contribution >= 4 is 18.5 Å². The lowest BCUT2D eigenvalue weighted by Crippen LogP contribution is -2.15. The van der Waals surface area contributed by atoms with Crippen LogP contribution in [0.15, 0.2) is 36.5 Å². The molecule has 2 aromatic rings. The Labute approximate surface area is 111 Å². The first-order chi connectivity index (χ1) is 9.04. The molecule has 3 N–H and O–H groups in total. The highest BCUT2D eigenvalue weighted by Gasteiger charge is 2.10. The maximum absolute atomic E-state index is 10.7. The van der Waals surface area contributed by atoms with Crippen LogP contribution in [-0.4, -0.2) is 27.5 Å². The third kappa shape index (κ3) is 4.73. The zero-order chi connectivity index (χ0) is 13.7. The van der Waals surface area contributed by atoms with E-state index >= 15 is 0 Å². The van der Waals surface area contributed by atoms with E-state index in [-0.39, 0.29) is 6.16 Å². The molecule has 0 amide bonds. The van der Waals surface area contributed by atoms with Crippen molar-refractivity contribution in [2.24, 2.45) is 0 Å². The molecular formula is C13H17N2O3P. The van der Waals surface area contributed by atoms with Crippen molar-refractivity contribution in [1.29, 1.82) is 0 Å². The van der Waals surface area contributed by atoms with Crippen molar-refractivity contribution in [3.63, 3.8) is 0 Å². The van der Waals surface area contributed by atoms with E-state index in [0.717, 1.165) is 16.5 Å². The largest absolute Gasteiger partial charge is 0.325 e. The Kier molecular flexibility index (Phi) is 4.66. The van der Waals surface area contributed by atoms with Crippen LogP contribution in [0.25, 0.3) is 10.9 Å². The van der Waals surface area contributed by atoms with Gasteiger partial charge in [0.25, 0.3) is 0 Å². The van der Waals surface area contributed by atoms with Crippen LogP contribution in [-0.2, 0) is 11.1 Å². The summed E-state index contributed by atoms with van der Waals surface area (Å²) < 4.78 is 10.7. The predicted octanol–water partition coefficient (Wildman–Crippen LogP) is 1.89. The minimum absolute atomic E-state index is 0.0734. The van der Waals surface area contributed by atoms with Crippen molar-refractivity contribution in [2.45, 2.75) is 13.0 Å². The Balaban J connectivity index is 1.83. The minimum atomic E-state index is -3.86. The summed E-state index contributed by atoms with van der Waals surface area (Å²) in [4.78, 5) is 21.8. The van der Waals surface area contributed by atoms with Gasteiger partial charge >= 0.3 is 7.60 Å². The van der Waals surface area contributed by atoms with Crippen molar-refractivity contribution < 1.29 is 14.4 Å². The van der Waals surface area contributed by atoms with Crippen molar-refractivity contribution in [1.82, 2.24) is 10.3 Å². The van der Waals surface area contributed by atoms with E-state index in [1.807, 2.05) is 30.5 Å². The fraction of sp³-hybridized carbons (Fsp3) is 0.308. The van der Waals surface area contributed by atoms with Crippen molar-refractivity contribution in [2.75, 3.05) is 12.7 Å². The Morgan fingerprint density at radius 2 is 2.05 bits per heavy atom. The van der Waals surface area contributed by atoms with E-state index in [4.69, 9.17) is 9.79 Å². The maximum Gasteiger partial charge on any atom is 0.325 e. The molecule has 0 fully saturated rings. The zero-order valence-electron chi connectivity index (χ0n) is 10.5. The van der Waals surface area contributed by atoms with Crippen LogP contribution in [0.3, 0.4) is 0 Å². The molecule has 0 saturated heterocycles. The van der Waals surface area contributed by atoms with Crippen LogP contribution >= 0.6 is 7.60 Å². The van der Waals surface area contributed by atoms with E-state index in [1.165, 1.54) is 0 Å². The summed E-state index contributed by atoms with van der Waals surface area (Å²) in [7, 11) is -3.86. The monoisotopic (exact) mass is 280 g/mol. The van der Waals surface area contributed by atoms with Gasteiger partial charge in [-0.25, -0.2) is 0 Å². The van der Waals surface area contributed by atoms with Gasteiger partial charge < -0.3 is 15.1 Å². The zero-order valence-corrected chi connectivity index (χ0v) is 11.4. The highest BCUT2D eigenvalue weighted by Crippen LogP contribution is 2.34. The predicted molar refractivity (Wildman–Crippen MR) is 75.0 cm³/mol. The first kappa shape index (κ1) is 14.2. The molecule has 0 aliphatic carbocycles. The van der Waals surface area contributed by atoms with Crippen LogP contribution in [0.5, 0.6) is 0 Å². The van der Waals surface area contributed by atoms with Crippen LogP contribution in [0.2, 0.25) is 0 Å². The third-order valence-electron chi connectivity index (χ3n) is 2.78. The fourth-order valence-electron chi connectivity index (χ4n) is 1.86. The lowest BCUT2D eigenvalue weighted by molar-refractivity contribution is 0.371. The molecule has 0 bridgehead atoms. The van der Waals surface area contributed by atoms with Gasteiger partial charge in [0.05, 0.1) is 11.7 Å². The molecule has 5 nitrogen and oxygen atoms in total. The van der Waals surface area contributed by atoms with Crippen LogP contribution in [0, 0.1) is 0 Å². The molecule has 0 aliphatic heterocycles. The third-order valence-corrected chi connectivity index (χ3v) is 3.68. The normalized spacial score (nSPS) is 11.9. The Morgan fingerprint density at radius 1 is 1.26 bits per heavy atom. The molecule has 0 spiro atoms. The quantitative estimate of drug-likeness (QED) is 0.556. The molecule has 1 heterocycles. The molecule has 0 atom stereocenters. The van der Waals surface area contributed by atoms with Gasteiger partial charge in [-0.3, -0.25) is 9.55 Å². The van der Waals surface area contributed by atoms with Gasteiger partial charge in [-0.2, -0.15) is 0 Å². The molecule has 1 aromatic carbocycles. The molecule has 1 aromatic heterocycles. The standard InChI is InChI=1S/C13H17N2O3P/c16-19(17,18)7-3-6-14-9-11-8-12-4-1-2-5-13(12)15-10-11/h1-2,4-5,8,10,14H,3,6-7,9H2,(H2,16,17,18). The summed E-state index contributed by atoms with van der Waals surface area (Å²) in [6.07, 6.45) is 2.21. The second kappa shape index (κ2) is 6.26. The highest BCUT2D eigenvalue weighted by molar-refractivity contribution is 7.51. The maximum atomic E-state index is 10.7. The number of aromatic nitrogens is 1. The minimum Gasteiger partial charge on any atom is -0.324 e. The molecular weight excluding hydrogens is 263 g/mol. The lowest BCUT2D eigenvalue weighted by Gasteiger charge is -2.06. The molecule has 6 heteroatoms. The number of hydrogen-bond acceptors (Lipinski definition) is 3. The lowest BCUT2D eigenvalue weighted by atomic mass is 10.1. The topological polar surface area (TPSA) is 82.5 Å². The summed E-state index contributed by atoms with van der Waals surface area (Å²) in [5.41, 5.74) is 2.03. The molecule has 0 radical (unpaired) electrons. The molecule has 0 unspecified atom stereocenters. The summed E-state index contributed by atoms with van der Waals surface area (Å²) in [5.74, 6) is 0. The number of benzene rings is 1. The first-order valence-electron chi connectivity index (χ1n) is 6.13. The number of fused-ring (bicyclic) bond motifs is 1. The number of hydrogen-bond donors (Lipinski definition) is 3. The smallest absolute Gasteiger partial charge is 0.324 e. The summed E-state index contributed by atoms with van der Waals surface area (Å²) >= 11 is 0. The van der Waals surface area contributed by atoms with Gasteiger partial charge in [0.2, 0.25) is 0 Å². The second-order valence-corrected chi connectivity index (χ2v) is 6.23. The summed E-state index contributed by atoms with van der Waals surface area (Å²) in [6, 6.07) is 9.97. The number of nitrogens with one attached hydrogen (secondary N) is 1. The van der Waals surface area contributed by atoms with Gasteiger partial charge in [-0.05, 0) is 30.7 Å². The Bertz CT molecular complexity index is 597. The number of pyridine rings is 1. The molecule has 102 valence electrons. The van der Waals surface area contributed by atoms with Gasteiger partial charge in [0, 0.05) is 18.1 Å². The first-order valence-corrected chi connectivity index (χ1v) is 7.93. The van der Waals surface area contributed by atoms with E-state index in [9.17, 15) is 4.57 Å². The molecule has 0 saturated carbocycles. The van der Waals surface area contributed by atoms with Gasteiger partial charge in [-0.1, -0.05) is 18.2 Å². The Hall–Kier alpha value is -1.26. The van der Waals surface area contributed by atoms with Crippen molar-refractivity contribution in [3.05, 3.63) is 42.1 Å². The van der Waals surface area contributed by atoms with Crippen LogP contribution in [0.1, 0.15) is 12.0 Å². The van der Waals surface area contributed by atoms with E-state index in [2.05, 4.69) is 16.4 Å². The summed E-state index contributed by atoms with van der Waals surface area (Å²) in [5, 5.41) is 4.25. The van der Waals surface area contributed by atoms with Crippen LogP contribution in [0.4, 0.5) is 0 Å². The van der Waals surface area contributed by atoms with E-state index < -0.39 is 7.60 Å². The molecule has 19 heavy (non-hydrogen) atoms. The average molecular weight is 280 g/mol. The summed E-state index contributed by atoms with van der Waals surface area (Å²) in [6.45, 7) is 1.23. The van der Waals surface area contributed by atoms with E-state index in [1.54, 1.807) is 0 Å². The van der Waals surface area contributed by atoms with Gasteiger partial charge in [-0.15, -0.1) is 0 Å². The van der Waals surface area contributed by atoms with Gasteiger partial charge in [0.1, 0.15) is 0 Å². The van der Waals surface area contributed by atoms with Crippen LogP contribution < -0.4 is 5.32 Å². The van der Waals surface area contributed by atoms with Gasteiger partial charge in [0.15, 0.2) is 0 Å². The Morgan fingerprint density at radius 3 is 2.84 bits per heavy atom. The molecule has 0 aliphatic rings. The number of rotatable bonds is 6. The SMILES string of the molecule is O=P(O)(O)CCCNCc1cnc2ccccc2c1. The molecule has 2 rings (SSSR count). The number of nitrogens with zero attached hydrogens (tertiary/aromatic N) is 1. The van der Waals surface area contributed by atoms with Crippen molar-refractivity contribution in [3.8, 4) is 0 Å².